The van der Waals surface area contributed by atoms with Gasteiger partial charge in [-0.1, -0.05) is 53.7 Å². The Morgan fingerprint density at radius 3 is 2.17 bits per heavy atom. The van der Waals surface area contributed by atoms with Crippen LogP contribution in [0.3, 0.4) is 0 Å². The molecule has 168 valence electrons. The third kappa shape index (κ3) is 12.5. The molecule has 1 rings (SSSR count). The number of ether oxygens (including phenoxy) is 2. The first-order valence-corrected chi connectivity index (χ1v) is 10.9. The summed E-state index contributed by atoms with van der Waals surface area (Å²) in [5, 5.41) is 0. The van der Waals surface area contributed by atoms with E-state index < -0.39 is 7.82 Å². The molecule has 7 nitrogen and oxygen atoms in total. The summed E-state index contributed by atoms with van der Waals surface area (Å²) in [7, 11) is -4.89. The minimum absolute atomic E-state index is 0. The van der Waals surface area contributed by atoms with E-state index in [1.54, 1.807) is 6.07 Å². The Hall–Kier alpha value is -0.370. The van der Waals surface area contributed by atoms with Crippen LogP contribution in [0.5, 0.6) is 5.75 Å². The van der Waals surface area contributed by atoms with Crippen LogP contribution in [0, 0.1) is 10.8 Å². The number of phosphoric acid groups is 1. The Labute approximate surface area is 203 Å². The molecule has 1 atom stereocenters. The van der Waals surface area contributed by atoms with E-state index in [1.165, 1.54) is 12.1 Å². The van der Waals surface area contributed by atoms with Gasteiger partial charge in [-0.3, -0.25) is 4.57 Å². The molecular weight excluding hydrogens is 416 g/mol. The molecule has 0 saturated heterocycles. The molecule has 0 bridgehead atoms. The van der Waals surface area contributed by atoms with E-state index in [0.29, 0.717) is 24.5 Å². The first-order chi connectivity index (χ1) is 12.6. The van der Waals surface area contributed by atoms with Crippen molar-refractivity contribution < 1.29 is 57.9 Å². The zero-order chi connectivity index (χ0) is 21.8. The summed E-state index contributed by atoms with van der Waals surface area (Å²) < 4.78 is 27.8. The molecule has 0 radical (unpaired) electrons. The quantitative estimate of drug-likeness (QED) is 0.350. The van der Waals surface area contributed by atoms with Crippen molar-refractivity contribution in [1.82, 2.24) is 6.15 Å². The fourth-order valence-electron chi connectivity index (χ4n) is 2.46. The molecule has 0 heterocycles. The molecule has 0 aliphatic carbocycles. The molecule has 1 aromatic carbocycles. The fraction of sp³-hybridized carbons (Fsp3) is 0.619. The smallest absolute Gasteiger partial charge is 0.746 e. The minimum atomic E-state index is -4.89. The zero-order valence-electron chi connectivity index (χ0n) is 19.9. The number of rotatable bonds is 8. The van der Waals surface area contributed by atoms with Gasteiger partial charge in [-0.25, -0.2) is 0 Å². The summed E-state index contributed by atoms with van der Waals surface area (Å²) in [6, 6.07) is 6.46. The van der Waals surface area contributed by atoms with Crippen molar-refractivity contribution in [3.8, 4) is 5.75 Å². The first-order valence-electron chi connectivity index (χ1n) is 9.40. The van der Waals surface area contributed by atoms with Gasteiger partial charge in [0.25, 0.3) is 0 Å². The van der Waals surface area contributed by atoms with Gasteiger partial charge in [-0.15, -0.1) is 0 Å². The third-order valence-electron chi connectivity index (χ3n) is 3.63. The maximum Gasteiger partial charge on any atom is 1.00 e. The molecule has 9 heteroatoms. The third-order valence-corrected chi connectivity index (χ3v) is 4.07. The first kappa shape index (κ1) is 31.8. The van der Waals surface area contributed by atoms with E-state index in [0.717, 1.165) is 5.57 Å². The SMILES string of the molecule is CC(C)OC(=C(COCC(C)(C)C)C(C)(C)C)c1cccc(OP(=O)([O-])O)c1.N.[Na+]. The second kappa shape index (κ2) is 12.6. The summed E-state index contributed by atoms with van der Waals surface area (Å²) in [5.41, 5.74) is 1.40. The fourth-order valence-corrected chi connectivity index (χ4v) is 2.84. The average Bonchev–Trinajstić information content (AvgIpc) is 2.46. The molecule has 0 aromatic heterocycles. The number of phosphoric ester groups is 1. The van der Waals surface area contributed by atoms with E-state index in [1.807, 2.05) is 19.9 Å². The topological polar surface area (TPSA) is 123 Å². The molecule has 1 unspecified atom stereocenters. The predicted molar refractivity (Wildman–Crippen MR) is 115 cm³/mol. The van der Waals surface area contributed by atoms with Crippen LogP contribution < -0.4 is 45.1 Å². The monoisotopic (exact) mass is 453 g/mol. The van der Waals surface area contributed by atoms with Crippen LogP contribution >= 0.6 is 7.82 Å². The molecule has 0 fully saturated rings. The Kier molecular flexibility index (Phi) is 13.4. The molecule has 1 aromatic rings. The Bertz CT molecular complexity index is 732. The molecule has 0 spiro atoms. The maximum absolute atomic E-state index is 11.1. The van der Waals surface area contributed by atoms with E-state index in [4.69, 9.17) is 14.4 Å². The largest absolute Gasteiger partial charge is 1.00 e. The van der Waals surface area contributed by atoms with Crippen LogP contribution in [0.1, 0.15) is 61.0 Å². The van der Waals surface area contributed by atoms with Crippen LogP contribution in [0.25, 0.3) is 5.76 Å². The van der Waals surface area contributed by atoms with Crippen LogP contribution in [0.2, 0.25) is 0 Å². The molecule has 4 N–H and O–H groups in total. The van der Waals surface area contributed by atoms with Crippen molar-refractivity contribution in [2.45, 2.75) is 61.5 Å². The Morgan fingerprint density at radius 1 is 1.17 bits per heavy atom. The van der Waals surface area contributed by atoms with Crippen molar-refractivity contribution in [1.29, 1.82) is 0 Å². The van der Waals surface area contributed by atoms with Crippen molar-refractivity contribution in [3.63, 3.8) is 0 Å². The van der Waals surface area contributed by atoms with Crippen molar-refractivity contribution in [2.24, 2.45) is 10.8 Å². The van der Waals surface area contributed by atoms with E-state index in [-0.39, 0.29) is 58.4 Å². The second-order valence-electron chi connectivity index (χ2n) is 9.37. The average molecular weight is 453 g/mol. The van der Waals surface area contributed by atoms with Gasteiger partial charge in [-0.2, -0.15) is 0 Å². The maximum atomic E-state index is 11.1. The Morgan fingerprint density at radius 2 is 1.73 bits per heavy atom. The molecular formula is C21H37NNaO6P. The van der Waals surface area contributed by atoms with Gasteiger partial charge in [0.1, 0.15) is 11.5 Å². The van der Waals surface area contributed by atoms with Crippen molar-refractivity contribution >= 4 is 13.6 Å². The summed E-state index contributed by atoms with van der Waals surface area (Å²) in [6.45, 7) is 17.4. The molecule has 0 aliphatic heterocycles. The molecule has 0 aliphatic rings. The normalized spacial score (nSPS) is 14.8. The van der Waals surface area contributed by atoms with Crippen LogP contribution in [-0.4, -0.2) is 24.2 Å². The van der Waals surface area contributed by atoms with Crippen molar-refractivity contribution in [3.05, 3.63) is 35.4 Å². The van der Waals surface area contributed by atoms with E-state index >= 15 is 0 Å². The number of benzene rings is 1. The number of hydrogen-bond acceptors (Lipinski definition) is 6. The van der Waals surface area contributed by atoms with Crippen LogP contribution in [0.4, 0.5) is 0 Å². The van der Waals surface area contributed by atoms with Crippen LogP contribution in [0.15, 0.2) is 29.8 Å². The zero-order valence-corrected chi connectivity index (χ0v) is 22.8. The van der Waals surface area contributed by atoms with E-state index in [2.05, 4.69) is 46.1 Å². The molecule has 0 saturated carbocycles. The van der Waals surface area contributed by atoms with Gasteiger partial charge in [0.15, 0.2) is 0 Å². The minimum Gasteiger partial charge on any atom is -0.746 e. The second-order valence-corrected chi connectivity index (χ2v) is 10.5. The Balaban J connectivity index is 0. The molecule has 30 heavy (non-hydrogen) atoms. The summed E-state index contributed by atoms with van der Waals surface area (Å²) >= 11 is 0. The predicted octanol–water partition coefficient (Wildman–Crippen LogP) is 1.94. The standard InChI is InChI=1S/C21H35O6P.H3N.Na/c1-15(2)26-19(16-10-9-11-17(12-16)27-28(22,23)24)18(21(6,7)8)13-25-14-20(3,4)5;;/h9-12,15H,13-14H2,1-8H3,(H2,22,23,24);1H3;/q;;+1/p-1. The van der Waals surface area contributed by atoms with E-state index in [9.17, 15) is 9.46 Å². The van der Waals surface area contributed by atoms with Gasteiger partial charge in [0, 0.05) is 11.1 Å². The van der Waals surface area contributed by atoms with Crippen LogP contribution in [-0.2, 0) is 14.0 Å². The van der Waals surface area contributed by atoms with Gasteiger partial charge in [0.05, 0.1) is 19.3 Å². The van der Waals surface area contributed by atoms with Gasteiger partial charge >= 0.3 is 37.4 Å². The van der Waals surface area contributed by atoms with Gasteiger partial charge < -0.3 is 29.9 Å². The number of hydrogen-bond donors (Lipinski definition) is 2. The van der Waals surface area contributed by atoms with Gasteiger partial charge in [0.2, 0.25) is 0 Å². The summed E-state index contributed by atoms with van der Waals surface area (Å²) in [4.78, 5) is 20.1. The summed E-state index contributed by atoms with van der Waals surface area (Å²) in [5.74, 6) is 0.646. The summed E-state index contributed by atoms with van der Waals surface area (Å²) in [6.07, 6.45) is -0.0945. The van der Waals surface area contributed by atoms with Crippen molar-refractivity contribution in [2.75, 3.05) is 13.2 Å². The van der Waals surface area contributed by atoms with Gasteiger partial charge in [-0.05, 0) is 36.8 Å². The molecule has 0 amide bonds.